The van der Waals surface area contributed by atoms with Crippen LogP contribution in [0.25, 0.3) is 0 Å². The minimum atomic E-state index is 1.28. The summed E-state index contributed by atoms with van der Waals surface area (Å²) in [6.45, 7) is 4.54. The van der Waals surface area contributed by atoms with E-state index < -0.39 is 0 Å². The molecule has 1 heteroatoms. The van der Waals surface area contributed by atoms with E-state index in [0.29, 0.717) is 0 Å². The summed E-state index contributed by atoms with van der Waals surface area (Å²) in [6.07, 6.45) is 24.6. The van der Waals surface area contributed by atoms with Crippen molar-refractivity contribution in [3.8, 4) is 0 Å². The van der Waals surface area contributed by atoms with Gasteiger partial charge in [0.1, 0.15) is 0 Å². The van der Waals surface area contributed by atoms with Gasteiger partial charge in [-0.25, -0.2) is 0 Å². The summed E-state index contributed by atoms with van der Waals surface area (Å²) in [5, 5.41) is 0. The Balaban J connectivity index is 3.02. The lowest BCUT2D eigenvalue weighted by molar-refractivity contribution is 0.607. The maximum Gasteiger partial charge on any atom is -0.00676 e. The number of hydrogen-bond acceptors (Lipinski definition) is 1. The van der Waals surface area contributed by atoms with Crippen LogP contribution < -0.4 is 0 Å². The van der Waals surface area contributed by atoms with E-state index in [1.165, 1.54) is 101 Å². The van der Waals surface area contributed by atoms with Gasteiger partial charge in [0.25, 0.3) is 0 Å². The highest BCUT2D eigenvalue weighted by Crippen LogP contribution is 2.11. The maximum absolute atomic E-state index is 2.42. The quantitative estimate of drug-likeness (QED) is 0.195. The number of thioether (sulfide) groups is 1. The molecule has 0 N–H and O–H groups in total. The summed E-state index contributed by atoms with van der Waals surface area (Å²) in [5.41, 5.74) is 0. The van der Waals surface area contributed by atoms with E-state index in [1.807, 2.05) is 0 Å². The smallest absolute Gasteiger partial charge is 0.00676 e. The van der Waals surface area contributed by atoms with Crippen molar-refractivity contribution >= 4 is 11.8 Å². The second-order valence-electron chi connectivity index (χ2n) is 6.13. The second-order valence-corrected chi connectivity index (χ2v) is 7.53. The van der Waals surface area contributed by atoms with Crippen LogP contribution in [0.1, 0.15) is 104 Å². The van der Waals surface area contributed by atoms with Gasteiger partial charge >= 0.3 is 0 Å². The van der Waals surface area contributed by atoms with Crippen LogP contribution in [0, 0.1) is 0 Å². The molecule has 0 unspecified atom stereocenters. The lowest BCUT2D eigenvalue weighted by Gasteiger charge is -2.00. The summed E-state index contributed by atoms with van der Waals surface area (Å²) in [5.74, 6) is 2.66. The van der Waals surface area contributed by atoms with Crippen molar-refractivity contribution in [2.24, 2.45) is 0 Å². The molecule has 0 nitrogen and oxygen atoms in total. The van der Waals surface area contributed by atoms with E-state index in [2.05, 4.69) is 37.8 Å². The molecule has 0 spiro atoms. The van der Waals surface area contributed by atoms with Crippen molar-refractivity contribution in [1.29, 1.82) is 0 Å². The monoisotopic (exact) mass is 312 g/mol. The van der Waals surface area contributed by atoms with E-state index in [1.54, 1.807) is 0 Å². The van der Waals surface area contributed by atoms with E-state index in [-0.39, 0.29) is 0 Å². The molecule has 0 atom stereocenters. The molecule has 0 aromatic rings. The van der Waals surface area contributed by atoms with Gasteiger partial charge in [-0.05, 0) is 43.6 Å². The van der Waals surface area contributed by atoms with Crippen molar-refractivity contribution in [3.05, 3.63) is 12.2 Å². The summed E-state index contributed by atoms with van der Waals surface area (Å²) in [4.78, 5) is 0. The summed E-state index contributed by atoms with van der Waals surface area (Å²) in [6, 6.07) is 0. The molecular formula is C20H40S. The molecule has 0 saturated heterocycles. The topological polar surface area (TPSA) is 0 Å². The number of hydrogen-bond donors (Lipinski definition) is 0. The van der Waals surface area contributed by atoms with Crippen LogP contribution in [0.3, 0.4) is 0 Å². The number of rotatable bonds is 17. The zero-order valence-corrected chi connectivity index (χ0v) is 15.7. The average Bonchev–Trinajstić information content (AvgIpc) is 2.50. The Labute approximate surface area is 139 Å². The van der Waals surface area contributed by atoms with E-state index in [9.17, 15) is 0 Å². The van der Waals surface area contributed by atoms with Crippen molar-refractivity contribution < 1.29 is 0 Å². The minimum Gasteiger partial charge on any atom is -0.162 e. The van der Waals surface area contributed by atoms with Crippen LogP contribution in [0.2, 0.25) is 0 Å². The lowest BCUT2D eigenvalue weighted by atomic mass is 10.1. The SMILES string of the molecule is CCCCCCCC/C=C\CCCCCCCCSCC. The molecule has 0 aliphatic carbocycles. The van der Waals surface area contributed by atoms with Gasteiger partial charge in [0.15, 0.2) is 0 Å². The van der Waals surface area contributed by atoms with Gasteiger partial charge in [-0.2, -0.15) is 11.8 Å². The molecule has 0 bridgehead atoms. The predicted molar refractivity (Wildman–Crippen MR) is 102 cm³/mol. The van der Waals surface area contributed by atoms with Crippen LogP contribution >= 0.6 is 11.8 Å². The minimum absolute atomic E-state index is 1.28. The molecule has 0 aliphatic rings. The van der Waals surface area contributed by atoms with E-state index >= 15 is 0 Å². The Morgan fingerprint density at radius 1 is 0.571 bits per heavy atom. The van der Waals surface area contributed by atoms with Crippen LogP contribution in [-0.2, 0) is 0 Å². The molecule has 0 saturated carbocycles. The fraction of sp³-hybridized carbons (Fsp3) is 0.900. The molecule has 0 aromatic carbocycles. The fourth-order valence-corrected chi connectivity index (χ4v) is 3.29. The van der Waals surface area contributed by atoms with E-state index in [4.69, 9.17) is 0 Å². The van der Waals surface area contributed by atoms with Gasteiger partial charge < -0.3 is 0 Å². The molecule has 126 valence electrons. The summed E-state index contributed by atoms with van der Waals surface area (Å²) >= 11 is 2.09. The predicted octanol–water partition coefficient (Wildman–Crippen LogP) is 7.78. The zero-order valence-electron chi connectivity index (χ0n) is 14.9. The summed E-state index contributed by atoms with van der Waals surface area (Å²) < 4.78 is 0. The van der Waals surface area contributed by atoms with E-state index in [0.717, 1.165) is 0 Å². The highest BCUT2D eigenvalue weighted by molar-refractivity contribution is 7.99. The van der Waals surface area contributed by atoms with Crippen molar-refractivity contribution in [2.45, 2.75) is 104 Å². The Morgan fingerprint density at radius 3 is 1.57 bits per heavy atom. The Kier molecular flexibility index (Phi) is 20.2. The number of allylic oxidation sites excluding steroid dienone is 2. The molecule has 0 radical (unpaired) electrons. The third kappa shape index (κ3) is 20.1. The highest BCUT2D eigenvalue weighted by Gasteiger charge is 1.91. The van der Waals surface area contributed by atoms with Gasteiger partial charge in [-0.3, -0.25) is 0 Å². The third-order valence-corrected chi connectivity index (χ3v) is 4.99. The molecule has 0 aromatic heterocycles. The van der Waals surface area contributed by atoms with Crippen LogP contribution in [-0.4, -0.2) is 11.5 Å². The zero-order chi connectivity index (χ0) is 15.4. The Bertz CT molecular complexity index is 198. The van der Waals surface area contributed by atoms with Gasteiger partial charge in [-0.15, -0.1) is 0 Å². The second kappa shape index (κ2) is 20.1. The summed E-state index contributed by atoms with van der Waals surface area (Å²) in [7, 11) is 0. The highest BCUT2D eigenvalue weighted by atomic mass is 32.2. The van der Waals surface area contributed by atoms with Crippen molar-refractivity contribution in [3.63, 3.8) is 0 Å². The third-order valence-electron chi connectivity index (χ3n) is 4.00. The fourth-order valence-electron chi connectivity index (χ4n) is 2.60. The molecule has 0 amide bonds. The molecule has 0 rings (SSSR count). The first-order chi connectivity index (χ1) is 10.4. The Morgan fingerprint density at radius 2 is 1.05 bits per heavy atom. The average molecular weight is 313 g/mol. The van der Waals surface area contributed by atoms with Crippen LogP contribution in [0.15, 0.2) is 12.2 Å². The first-order valence-electron chi connectivity index (χ1n) is 9.64. The molecule has 21 heavy (non-hydrogen) atoms. The van der Waals surface area contributed by atoms with Crippen molar-refractivity contribution in [2.75, 3.05) is 11.5 Å². The van der Waals surface area contributed by atoms with Gasteiger partial charge in [0.2, 0.25) is 0 Å². The normalized spacial score (nSPS) is 11.5. The standard InChI is InChI=1S/C20H40S/c1-3-5-6-7-8-9-10-11-12-13-14-15-16-17-18-19-20-21-4-2/h11-12H,3-10,13-20H2,1-2H3/b12-11-. The molecular weight excluding hydrogens is 272 g/mol. The van der Waals surface area contributed by atoms with Gasteiger partial charge in [0, 0.05) is 0 Å². The lowest BCUT2D eigenvalue weighted by Crippen LogP contribution is -1.83. The molecule has 0 heterocycles. The first-order valence-corrected chi connectivity index (χ1v) is 10.8. The number of unbranched alkanes of at least 4 members (excludes halogenated alkanes) is 12. The Hall–Kier alpha value is 0.0900. The van der Waals surface area contributed by atoms with Crippen LogP contribution in [0.5, 0.6) is 0 Å². The van der Waals surface area contributed by atoms with Gasteiger partial charge in [0.05, 0.1) is 0 Å². The maximum atomic E-state index is 2.42. The van der Waals surface area contributed by atoms with Crippen LogP contribution in [0.4, 0.5) is 0 Å². The van der Waals surface area contributed by atoms with Gasteiger partial charge in [-0.1, -0.05) is 83.8 Å². The first kappa shape index (κ1) is 21.1. The molecule has 0 aliphatic heterocycles. The van der Waals surface area contributed by atoms with Crippen molar-refractivity contribution in [1.82, 2.24) is 0 Å². The molecule has 0 fully saturated rings. The largest absolute Gasteiger partial charge is 0.162 e.